The van der Waals surface area contributed by atoms with Crippen LogP contribution in [0.2, 0.25) is 0 Å². The molecule has 0 bridgehead atoms. The van der Waals surface area contributed by atoms with Gasteiger partial charge in [-0.3, -0.25) is 0 Å². The number of carbonyl (C=O) groups is 1. The second-order valence-electron chi connectivity index (χ2n) is 4.58. The monoisotopic (exact) mass is 311 g/mol. The summed E-state index contributed by atoms with van der Waals surface area (Å²) in [4.78, 5) is 11.8. The number of ether oxygens (including phenoxy) is 3. The summed E-state index contributed by atoms with van der Waals surface area (Å²) in [5.41, 5.74) is 0.908. The minimum atomic E-state index is -0.440. The average molecular weight is 311 g/mol. The predicted octanol–water partition coefficient (Wildman–Crippen LogP) is 3.19. The third-order valence-corrected chi connectivity index (χ3v) is 2.97. The number of nitrogens with zero attached hydrogens (tertiary/aromatic N) is 1. The lowest BCUT2D eigenvalue weighted by Crippen LogP contribution is -2.12. The number of nitriles is 1. The molecule has 2 rings (SSSR count). The lowest BCUT2D eigenvalue weighted by molar-refractivity contribution is 0.0450. The van der Waals surface area contributed by atoms with Crippen LogP contribution < -0.4 is 9.47 Å². The second-order valence-corrected chi connectivity index (χ2v) is 4.58. The van der Waals surface area contributed by atoms with E-state index in [0.29, 0.717) is 23.5 Å². The van der Waals surface area contributed by atoms with E-state index in [9.17, 15) is 4.79 Å². The van der Waals surface area contributed by atoms with Crippen molar-refractivity contribution in [3.8, 4) is 17.6 Å². The first-order valence-corrected chi connectivity index (χ1v) is 7.26. The molecule has 0 N–H and O–H groups in total. The minimum Gasteiger partial charge on any atom is -0.494 e. The molecule has 0 spiro atoms. The van der Waals surface area contributed by atoms with Crippen LogP contribution in [-0.4, -0.2) is 25.8 Å². The summed E-state index contributed by atoms with van der Waals surface area (Å²) in [5, 5.41) is 8.71. The molecule has 5 heteroatoms. The van der Waals surface area contributed by atoms with E-state index in [-0.39, 0.29) is 13.2 Å². The van der Waals surface area contributed by atoms with Crippen molar-refractivity contribution in [1.82, 2.24) is 0 Å². The number of hydrogen-bond donors (Lipinski definition) is 0. The molecule has 0 aliphatic rings. The van der Waals surface area contributed by atoms with Crippen molar-refractivity contribution in [3.05, 3.63) is 59.7 Å². The van der Waals surface area contributed by atoms with Crippen LogP contribution in [0.3, 0.4) is 0 Å². The van der Waals surface area contributed by atoms with Gasteiger partial charge in [-0.1, -0.05) is 0 Å². The molecule has 0 aliphatic carbocycles. The Morgan fingerprint density at radius 3 is 2.13 bits per heavy atom. The molecule has 0 aromatic heterocycles. The largest absolute Gasteiger partial charge is 0.494 e. The maximum Gasteiger partial charge on any atom is 0.338 e. The Labute approximate surface area is 135 Å². The average Bonchev–Trinajstić information content (AvgIpc) is 2.60. The molecular formula is C18H17NO4. The molecule has 118 valence electrons. The third kappa shape index (κ3) is 5.04. The minimum absolute atomic E-state index is 0.145. The van der Waals surface area contributed by atoms with Crippen molar-refractivity contribution in [1.29, 1.82) is 5.26 Å². The zero-order chi connectivity index (χ0) is 16.5. The van der Waals surface area contributed by atoms with E-state index >= 15 is 0 Å². The van der Waals surface area contributed by atoms with Gasteiger partial charge in [0.15, 0.2) is 0 Å². The van der Waals surface area contributed by atoms with E-state index in [0.717, 1.165) is 5.75 Å². The summed E-state index contributed by atoms with van der Waals surface area (Å²) in [6.45, 7) is 2.94. The molecular weight excluding hydrogens is 294 g/mol. The van der Waals surface area contributed by atoms with Crippen LogP contribution in [0.4, 0.5) is 0 Å². The van der Waals surface area contributed by atoms with Gasteiger partial charge in [-0.05, 0) is 55.5 Å². The Morgan fingerprint density at radius 2 is 1.57 bits per heavy atom. The van der Waals surface area contributed by atoms with E-state index in [1.165, 1.54) is 0 Å². The molecule has 0 unspecified atom stereocenters. The van der Waals surface area contributed by atoms with Gasteiger partial charge in [0, 0.05) is 0 Å². The fourth-order valence-corrected chi connectivity index (χ4v) is 1.86. The smallest absolute Gasteiger partial charge is 0.338 e. The van der Waals surface area contributed by atoms with Crippen LogP contribution in [0.25, 0.3) is 0 Å². The zero-order valence-corrected chi connectivity index (χ0v) is 12.8. The van der Waals surface area contributed by atoms with Crippen LogP contribution >= 0.6 is 0 Å². The van der Waals surface area contributed by atoms with Gasteiger partial charge in [-0.15, -0.1) is 0 Å². The number of carbonyl (C=O) groups excluding carboxylic acids is 1. The van der Waals surface area contributed by atoms with Crippen molar-refractivity contribution in [2.24, 2.45) is 0 Å². The Morgan fingerprint density at radius 1 is 0.957 bits per heavy atom. The molecule has 23 heavy (non-hydrogen) atoms. The van der Waals surface area contributed by atoms with Gasteiger partial charge in [-0.25, -0.2) is 4.79 Å². The van der Waals surface area contributed by atoms with Crippen LogP contribution in [-0.2, 0) is 4.74 Å². The van der Waals surface area contributed by atoms with Crippen LogP contribution in [0.15, 0.2) is 48.5 Å². The summed E-state index contributed by atoms with van der Waals surface area (Å²) < 4.78 is 15.9. The van der Waals surface area contributed by atoms with Gasteiger partial charge < -0.3 is 14.2 Å². The Hall–Kier alpha value is -3.00. The molecule has 0 heterocycles. The summed E-state index contributed by atoms with van der Waals surface area (Å²) in [6, 6.07) is 15.5. The second kappa shape index (κ2) is 8.44. The van der Waals surface area contributed by atoms with Gasteiger partial charge in [-0.2, -0.15) is 5.26 Å². The summed E-state index contributed by atoms with van der Waals surface area (Å²) in [7, 11) is 0. The molecule has 2 aromatic rings. The molecule has 0 radical (unpaired) electrons. The van der Waals surface area contributed by atoms with Crippen molar-refractivity contribution < 1.29 is 19.0 Å². The predicted molar refractivity (Wildman–Crippen MR) is 84.5 cm³/mol. The Kier molecular flexibility index (Phi) is 6.01. The third-order valence-electron chi connectivity index (χ3n) is 2.97. The first-order valence-electron chi connectivity index (χ1n) is 7.26. The highest BCUT2D eigenvalue weighted by molar-refractivity contribution is 5.89. The maximum atomic E-state index is 11.8. The van der Waals surface area contributed by atoms with E-state index in [2.05, 4.69) is 0 Å². The zero-order valence-electron chi connectivity index (χ0n) is 12.8. The molecule has 5 nitrogen and oxygen atoms in total. The standard InChI is InChI=1S/C18H17NO4/c1-2-21-16-7-9-17(10-8-16)22-11-12-23-18(20)15-5-3-14(13-19)4-6-15/h3-10H,2,11-12H2,1H3. The van der Waals surface area contributed by atoms with Crippen molar-refractivity contribution in [2.45, 2.75) is 6.92 Å². The highest BCUT2D eigenvalue weighted by atomic mass is 16.6. The van der Waals surface area contributed by atoms with Crippen LogP contribution in [0, 0.1) is 11.3 Å². The van der Waals surface area contributed by atoms with Crippen molar-refractivity contribution >= 4 is 5.97 Å². The van der Waals surface area contributed by atoms with Gasteiger partial charge in [0.1, 0.15) is 24.7 Å². The van der Waals surface area contributed by atoms with E-state index < -0.39 is 5.97 Å². The quantitative estimate of drug-likeness (QED) is 0.580. The number of hydrogen-bond acceptors (Lipinski definition) is 5. The van der Waals surface area contributed by atoms with Gasteiger partial charge >= 0.3 is 5.97 Å². The molecule has 0 aliphatic heterocycles. The normalized spacial score (nSPS) is 9.74. The van der Waals surface area contributed by atoms with Gasteiger partial charge in [0.2, 0.25) is 0 Å². The van der Waals surface area contributed by atoms with Crippen LogP contribution in [0.5, 0.6) is 11.5 Å². The highest BCUT2D eigenvalue weighted by Gasteiger charge is 2.06. The van der Waals surface area contributed by atoms with Crippen LogP contribution in [0.1, 0.15) is 22.8 Å². The summed E-state index contributed by atoms with van der Waals surface area (Å²) in [5.74, 6) is 1.03. The van der Waals surface area contributed by atoms with Gasteiger partial charge in [0.05, 0.1) is 23.8 Å². The lowest BCUT2D eigenvalue weighted by Gasteiger charge is -2.08. The van der Waals surface area contributed by atoms with Crippen molar-refractivity contribution in [3.63, 3.8) is 0 Å². The molecule has 0 fully saturated rings. The fraction of sp³-hybridized carbons (Fsp3) is 0.222. The SMILES string of the molecule is CCOc1ccc(OCCOC(=O)c2ccc(C#N)cc2)cc1. The lowest BCUT2D eigenvalue weighted by atomic mass is 10.1. The Balaban J connectivity index is 1.74. The number of rotatable bonds is 7. The maximum absolute atomic E-state index is 11.8. The number of benzene rings is 2. The summed E-state index contributed by atoms with van der Waals surface area (Å²) >= 11 is 0. The van der Waals surface area contributed by atoms with E-state index in [1.54, 1.807) is 36.4 Å². The molecule has 2 aromatic carbocycles. The Bertz CT molecular complexity index is 672. The van der Waals surface area contributed by atoms with E-state index in [4.69, 9.17) is 19.5 Å². The first-order chi connectivity index (χ1) is 11.2. The fourth-order valence-electron chi connectivity index (χ4n) is 1.86. The highest BCUT2D eigenvalue weighted by Crippen LogP contribution is 2.17. The topological polar surface area (TPSA) is 68.6 Å². The molecule has 0 saturated heterocycles. The summed E-state index contributed by atoms with van der Waals surface area (Å²) in [6.07, 6.45) is 0. The number of esters is 1. The molecule has 0 atom stereocenters. The first kappa shape index (κ1) is 16.4. The molecule has 0 amide bonds. The van der Waals surface area contributed by atoms with E-state index in [1.807, 2.05) is 25.1 Å². The van der Waals surface area contributed by atoms with Gasteiger partial charge in [0.25, 0.3) is 0 Å². The molecule has 0 saturated carbocycles. The van der Waals surface area contributed by atoms with Crippen molar-refractivity contribution in [2.75, 3.05) is 19.8 Å².